The first-order chi connectivity index (χ1) is 10.6. The lowest BCUT2D eigenvalue weighted by Gasteiger charge is -2.11. The van der Waals surface area contributed by atoms with Crippen LogP contribution < -0.4 is 5.32 Å². The maximum atomic E-state index is 12.1. The molecule has 22 heavy (non-hydrogen) atoms. The molecule has 2 aromatic heterocycles. The van der Waals surface area contributed by atoms with Crippen LogP contribution in [0.15, 0.2) is 0 Å². The van der Waals surface area contributed by atoms with Gasteiger partial charge >= 0.3 is 0 Å². The molecule has 118 valence electrons. The molecule has 1 N–H and O–H groups in total. The van der Waals surface area contributed by atoms with Gasteiger partial charge in [-0.3, -0.25) is 4.79 Å². The molecule has 3 rings (SSSR count). The Morgan fingerprint density at radius 3 is 2.95 bits per heavy atom. The fourth-order valence-corrected chi connectivity index (χ4v) is 3.75. The highest BCUT2D eigenvalue weighted by Gasteiger charge is 2.19. The molecule has 0 unspecified atom stereocenters. The second-order valence-electron chi connectivity index (χ2n) is 5.62. The van der Waals surface area contributed by atoms with Crippen molar-refractivity contribution in [1.29, 1.82) is 0 Å². The van der Waals surface area contributed by atoms with Crippen LogP contribution in [0.5, 0.6) is 0 Å². The number of aromatic nitrogens is 5. The predicted octanol–water partition coefficient (Wildman–Crippen LogP) is 1.58. The number of hydrogen-bond acceptors (Lipinski definition) is 6. The van der Waals surface area contributed by atoms with E-state index in [2.05, 4.69) is 20.8 Å². The molecule has 0 saturated heterocycles. The number of aryl methyl sites for hydroxylation is 4. The van der Waals surface area contributed by atoms with Crippen molar-refractivity contribution in [2.24, 2.45) is 0 Å². The highest BCUT2D eigenvalue weighted by atomic mass is 32.1. The number of carbonyl (C=O) groups is 1. The Labute approximate surface area is 133 Å². The molecule has 8 heteroatoms. The van der Waals surface area contributed by atoms with Crippen molar-refractivity contribution >= 4 is 17.2 Å². The van der Waals surface area contributed by atoms with E-state index in [0.29, 0.717) is 18.8 Å². The molecule has 2 heterocycles. The fourth-order valence-electron chi connectivity index (χ4n) is 2.60. The maximum absolute atomic E-state index is 12.1. The van der Waals surface area contributed by atoms with Crippen LogP contribution in [0.2, 0.25) is 0 Å². The first kappa shape index (κ1) is 15.1. The lowest BCUT2D eigenvalue weighted by Crippen LogP contribution is -2.27. The van der Waals surface area contributed by atoms with E-state index >= 15 is 0 Å². The molecule has 7 nitrogen and oxygen atoms in total. The first-order valence-electron chi connectivity index (χ1n) is 7.64. The van der Waals surface area contributed by atoms with E-state index in [0.717, 1.165) is 17.8 Å². The molecule has 0 spiro atoms. The smallest absolute Gasteiger partial charge is 0.222 e. The zero-order chi connectivity index (χ0) is 15.5. The number of tetrazole rings is 1. The minimum atomic E-state index is -0.0435. The summed E-state index contributed by atoms with van der Waals surface area (Å²) in [5.74, 6) is 0.712. The Balaban J connectivity index is 1.54. The van der Waals surface area contributed by atoms with Crippen LogP contribution in [0.25, 0.3) is 0 Å². The van der Waals surface area contributed by atoms with E-state index in [1.54, 1.807) is 16.0 Å². The predicted molar refractivity (Wildman–Crippen MR) is 82.5 cm³/mol. The van der Waals surface area contributed by atoms with Crippen LogP contribution in [0.1, 0.15) is 53.6 Å². The number of nitrogens with one attached hydrogen (secondary N) is 1. The number of carbonyl (C=O) groups excluding carboxylic acids is 1. The monoisotopic (exact) mass is 320 g/mol. The summed E-state index contributed by atoms with van der Waals surface area (Å²) in [6.45, 7) is 4.30. The molecule has 0 aromatic carbocycles. The number of nitrogens with zero attached hydrogens (tertiary/aromatic N) is 5. The quantitative estimate of drug-likeness (QED) is 0.904. The zero-order valence-corrected chi connectivity index (χ0v) is 13.7. The molecule has 0 aliphatic heterocycles. The van der Waals surface area contributed by atoms with Crippen molar-refractivity contribution in [3.8, 4) is 0 Å². The van der Waals surface area contributed by atoms with E-state index in [1.165, 1.54) is 23.4 Å². The Morgan fingerprint density at radius 2 is 2.23 bits per heavy atom. The second-order valence-corrected chi connectivity index (χ2v) is 6.73. The topological polar surface area (TPSA) is 85.6 Å². The number of hydrogen-bond donors (Lipinski definition) is 1. The number of fused-ring (bicyclic) bond motifs is 1. The third-order valence-electron chi connectivity index (χ3n) is 3.87. The van der Waals surface area contributed by atoms with Crippen molar-refractivity contribution < 1.29 is 4.79 Å². The van der Waals surface area contributed by atoms with Crippen molar-refractivity contribution in [2.75, 3.05) is 0 Å². The normalized spacial score (nSPS) is 15.4. The summed E-state index contributed by atoms with van der Waals surface area (Å²) in [4.78, 5) is 18.1. The van der Waals surface area contributed by atoms with Gasteiger partial charge in [0, 0.05) is 11.3 Å². The van der Waals surface area contributed by atoms with E-state index in [4.69, 9.17) is 4.98 Å². The maximum Gasteiger partial charge on any atom is 0.222 e. The van der Waals surface area contributed by atoms with Gasteiger partial charge in [0.15, 0.2) is 0 Å². The molecular formula is C14H20N6OS. The highest BCUT2D eigenvalue weighted by Crippen LogP contribution is 2.29. The molecule has 1 atom stereocenters. The Morgan fingerprint density at radius 1 is 1.41 bits per heavy atom. The van der Waals surface area contributed by atoms with Crippen molar-refractivity contribution in [3.05, 3.63) is 21.4 Å². The van der Waals surface area contributed by atoms with E-state index in [-0.39, 0.29) is 11.9 Å². The van der Waals surface area contributed by atoms with Gasteiger partial charge in [0.05, 0.1) is 18.3 Å². The van der Waals surface area contributed by atoms with Crippen LogP contribution in [0, 0.1) is 6.92 Å². The van der Waals surface area contributed by atoms with Crippen molar-refractivity contribution in [2.45, 2.75) is 58.5 Å². The van der Waals surface area contributed by atoms with Gasteiger partial charge in [-0.05, 0) is 50.0 Å². The molecule has 1 amide bonds. The minimum absolute atomic E-state index is 0.00410. The van der Waals surface area contributed by atoms with Crippen molar-refractivity contribution in [3.63, 3.8) is 0 Å². The summed E-state index contributed by atoms with van der Waals surface area (Å²) in [5.41, 5.74) is 1.23. The summed E-state index contributed by atoms with van der Waals surface area (Å²) in [7, 11) is 0. The minimum Gasteiger partial charge on any atom is -0.347 e. The summed E-state index contributed by atoms with van der Waals surface area (Å²) in [5, 5.41) is 15.2. The standard InChI is InChI=1S/C14H20N6OS/c1-9(14-16-11-5-3-4-6-12(11)22-14)15-13(21)7-8-20-10(2)17-18-19-20/h9H,3-8H2,1-2H3,(H,15,21)/t9-/m1/s1. The van der Waals surface area contributed by atoms with Gasteiger partial charge in [-0.2, -0.15) is 0 Å². The average molecular weight is 320 g/mol. The van der Waals surface area contributed by atoms with Crippen LogP contribution in [-0.2, 0) is 24.2 Å². The third-order valence-corrected chi connectivity index (χ3v) is 5.21. The second kappa shape index (κ2) is 6.51. The van der Waals surface area contributed by atoms with E-state index in [9.17, 15) is 4.79 Å². The molecule has 1 aliphatic rings. The number of thiazole rings is 1. The Hall–Kier alpha value is -1.83. The SMILES string of the molecule is Cc1nnnn1CCC(=O)N[C@H](C)c1nc2c(s1)CCCC2. The van der Waals surface area contributed by atoms with Gasteiger partial charge in [0.2, 0.25) is 5.91 Å². The highest BCUT2D eigenvalue weighted by molar-refractivity contribution is 7.11. The molecule has 0 radical (unpaired) electrons. The first-order valence-corrected chi connectivity index (χ1v) is 8.45. The van der Waals surface area contributed by atoms with Gasteiger partial charge in [0.25, 0.3) is 0 Å². The largest absolute Gasteiger partial charge is 0.347 e. The molecule has 1 aliphatic carbocycles. The van der Waals surface area contributed by atoms with Gasteiger partial charge < -0.3 is 5.32 Å². The average Bonchev–Trinajstić information content (AvgIpc) is 3.11. The molecule has 0 bridgehead atoms. The van der Waals surface area contributed by atoms with E-state index < -0.39 is 0 Å². The number of amides is 1. The number of rotatable bonds is 5. The van der Waals surface area contributed by atoms with Crippen LogP contribution in [-0.4, -0.2) is 31.1 Å². The summed E-state index contributed by atoms with van der Waals surface area (Å²) in [6.07, 6.45) is 5.04. The molecular weight excluding hydrogens is 300 g/mol. The van der Waals surface area contributed by atoms with Gasteiger partial charge in [0.1, 0.15) is 10.8 Å². The van der Waals surface area contributed by atoms with Crippen LogP contribution in [0.4, 0.5) is 0 Å². The molecule has 0 fully saturated rings. The lowest BCUT2D eigenvalue weighted by molar-refractivity contribution is -0.122. The zero-order valence-electron chi connectivity index (χ0n) is 12.9. The Kier molecular flexibility index (Phi) is 4.47. The summed E-state index contributed by atoms with van der Waals surface area (Å²) in [6, 6.07) is -0.0435. The molecule has 0 saturated carbocycles. The van der Waals surface area contributed by atoms with E-state index in [1.807, 2.05) is 13.8 Å². The van der Waals surface area contributed by atoms with Gasteiger partial charge in [-0.1, -0.05) is 0 Å². The van der Waals surface area contributed by atoms with Gasteiger partial charge in [-0.25, -0.2) is 9.67 Å². The lowest BCUT2D eigenvalue weighted by atomic mass is 10.0. The Bertz CT molecular complexity index is 641. The van der Waals surface area contributed by atoms with Crippen molar-refractivity contribution in [1.82, 2.24) is 30.5 Å². The van der Waals surface area contributed by atoms with Crippen LogP contribution in [0.3, 0.4) is 0 Å². The fraction of sp³-hybridized carbons (Fsp3) is 0.643. The third kappa shape index (κ3) is 3.32. The summed E-state index contributed by atoms with van der Waals surface area (Å²) >= 11 is 1.74. The summed E-state index contributed by atoms with van der Waals surface area (Å²) < 4.78 is 1.63. The molecule has 2 aromatic rings. The van der Waals surface area contributed by atoms with Crippen LogP contribution >= 0.6 is 11.3 Å². The van der Waals surface area contributed by atoms with Gasteiger partial charge in [-0.15, -0.1) is 16.4 Å².